The number of Topliss-reactive ketones (excluding diaryl/α,β-unsaturated/α-hetero) is 1. The molecule has 1 atom stereocenters. The maximum Gasteiger partial charge on any atom is 0.349 e. The molecule has 1 aromatic carbocycles. The Morgan fingerprint density at radius 3 is 2.59 bits per heavy atom. The second kappa shape index (κ2) is 6.13. The largest absolute Gasteiger partial charge is 0.463 e. The molecule has 1 aromatic rings. The zero-order chi connectivity index (χ0) is 12.8. The summed E-state index contributed by atoms with van der Waals surface area (Å²) in [5.74, 6) is -1.95. The molecule has 3 nitrogen and oxygen atoms in total. The van der Waals surface area contributed by atoms with Crippen LogP contribution < -0.4 is 0 Å². The van der Waals surface area contributed by atoms with Crippen molar-refractivity contribution in [1.29, 1.82) is 0 Å². The molecule has 0 saturated heterocycles. The van der Waals surface area contributed by atoms with Crippen LogP contribution in [0.15, 0.2) is 24.3 Å². The third-order valence-electron chi connectivity index (χ3n) is 2.30. The van der Waals surface area contributed by atoms with E-state index >= 15 is 0 Å². The Morgan fingerprint density at radius 1 is 1.35 bits per heavy atom. The number of ketones is 1. The zero-order valence-corrected chi connectivity index (χ0v) is 9.90. The third kappa shape index (κ3) is 3.37. The summed E-state index contributed by atoms with van der Waals surface area (Å²) in [7, 11) is 0. The van der Waals surface area contributed by atoms with E-state index in [1.165, 1.54) is 6.07 Å². The first-order valence-corrected chi connectivity index (χ1v) is 5.48. The number of esters is 1. The van der Waals surface area contributed by atoms with Gasteiger partial charge in [0.15, 0.2) is 0 Å². The summed E-state index contributed by atoms with van der Waals surface area (Å²) in [4.78, 5) is 22.9. The quantitative estimate of drug-likeness (QED) is 0.449. The highest BCUT2D eigenvalue weighted by atomic mass is 19.1. The fourth-order valence-electron chi connectivity index (χ4n) is 1.37. The van der Waals surface area contributed by atoms with E-state index in [4.69, 9.17) is 0 Å². The molecular weight excluding hydrogens is 223 g/mol. The Balaban J connectivity index is 2.77. The van der Waals surface area contributed by atoms with Crippen LogP contribution in [0.1, 0.15) is 29.3 Å². The van der Waals surface area contributed by atoms with Crippen molar-refractivity contribution in [3.8, 4) is 0 Å². The first-order chi connectivity index (χ1) is 8.07. The normalized spacial score (nSPS) is 11.9. The molecular formula is C13H15FO3. The Kier molecular flexibility index (Phi) is 4.82. The number of ether oxygens (including phenoxy) is 1. The van der Waals surface area contributed by atoms with E-state index in [9.17, 15) is 14.0 Å². The van der Waals surface area contributed by atoms with Gasteiger partial charge in [-0.15, -0.1) is 0 Å². The number of benzene rings is 1. The highest BCUT2D eigenvalue weighted by Gasteiger charge is 2.29. The molecule has 0 radical (unpaired) electrons. The first-order valence-electron chi connectivity index (χ1n) is 5.48. The lowest BCUT2D eigenvalue weighted by Crippen LogP contribution is -2.28. The van der Waals surface area contributed by atoms with Crippen molar-refractivity contribution in [3.05, 3.63) is 35.4 Å². The highest BCUT2D eigenvalue weighted by Crippen LogP contribution is 2.12. The van der Waals surface area contributed by atoms with Crippen LogP contribution in [0, 0.1) is 6.92 Å². The van der Waals surface area contributed by atoms with Crippen molar-refractivity contribution in [1.82, 2.24) is 0 Å². The van der Waals surface area contributed by atoms with Crippen molar-refractivity contribution in [3.63, 3.8) is 0 Å². The molecule has 17 heavy (non-hydrogen) atoms. The molecule has 0 N–H and O–H groups in total. The van der Waals surface area contributed by atoms with Crippen molar-refractivity contribution < 1.29 is 18.7 Å². The number of hydrogen-bond donors (Lipinski definition) is 0. The van der Waals surface area contributed by atoms with Gasteiger partial charge in [0, 0.05) is 5.56 Å². The Hall–Kier alpha value is -1.71. The van der Waals surface area contributed by atoms with Crippen LogP contribution in [0.25, 0.3) is 0 Å². The van der Waals surface area contributed by atoms with E-state index in [1.807, 2.05) is 0 Å². The van der Waals surface area contributed by atoms with Crippen molar-refractivity contribution >= 4 is 11.8 Å². The van der Waals surface area contributed by atoms with E-state index < -0.39 is 17.9 Å². The SMILES string of the molecule is CCCOC(=O)C(F)C(=O)c1ccccc1C. The maximum absolute atomic E-state index is 13.6. The van der Waals surface area contributed by atoms with Crippen LogP contribution in [-0.2, 0) is 9.53 Å². The topological polar surface area (TPSA) is 43.4 Å². The van der Waals surface area contributed by atoms with E-state index in [1.54, 1.807) is 32.0 Å². The van der Waals surface area contributed by atoms with Gasteiger partial charge in [0.2, 0.25) is 5.78 Å². The van der Waals surface area contributed by atoms with Crippen molar-refractivity contribution in [2.24, 2.45) is 0 Å². The molecule has 1 unspecified atom stereocenters. The standard InChI is InChI=1S/C13H15FO3/c1-3-8-17-13(16)11(14)12(15)10-7-5-4-6-9(10)2/h4-7,11H,3,8H2,1-2H3. The lowest BCUT2D eigenvalue weighted by Gasteiger charge is -2.09. The van der Waals surface area contributed by atoms with Gasteiger partial charge >= 0.3 is 5.97 Å². The average Bonchev–Trinajstić information content (AvgIpc) is 2.34. The minimum atomic E-state index is -2.23. The number of alkyl halides is 1. The molecule has 0 aliphatic carbocycles. The second-order valence-electron chi connectivity index (χ2n) is 3.71. The van der Waals surface area contributed by atoms with Gasteiger partial charge in [-0.2, -0.15) is 0 Å². The first kappa shape index (κ1) is 13.4. The molecule has 0 fully saturated rings. The van der Waals surface area contributed by atoms with Gasteiger partial charge < -0.3 is 4.74 Å². The van der Waals surface area contributed by atoms with Crippen molar-refractivity contribution in [2.45, 2.75) is 26.4 Å². The Labute approximate surface area is 99.6 Å². The van der Waals surface area contributed by atoms with Crippen molar-refractivity contribution in [2.75, 3.05) is 6.61 Å². The van der Waals surface area contributed by atoms with Crippen LogP contribution in [0.5, 0.6) is 0 Å². The van der Waals surface area contributed by atoms with Crippen LogP contribution >= 0.6 is 0 Å². The molecule has 4 heteroatoms. The van der Waals surface area contributed by atoms with Crippen LogP contribution in [-0.4, -0.2) is 24.5 Å². The molecule has 0 aliphatic rings. The summed E-state index contributed by atoms with van der Waals surface area (Å²) in [6.07, 6.45) is -1.64. The Morgan fingerprint density at radius 2 is 2.00 bits per heavy atom. The molecule has 0 aliphatic heterocycles. The number of carbonyl (C=O) groups is 2. The summed E-state index contributed by atoms with van der Waals surface area (Å²) >= 11 is 0. The van der Waals surface area contributed by atoms with E-state index in [0.29, 0.717) is 12.0 Å². The number of rotatable bonds is 5. The molecule has 0 spiro atoms. The molecule has 0 amide bonds. The van der Waals surface area contributed by atoms with Crippen LogP contribution in [0.3, 0.4) is 0 Å². The van der Waals surface area contributed by atoms with Gasteiger partial charge in [-0.1, -0.05) is 31.2 Å². The monoisotopic (exact) mass is 238 g/mol. The van der Waals surface area contributed by atoms with E-state index in [-0.39, 0.29) is 12.2 Å². The van der Waals surface area contributed by atoms with E-state index in [0.717, 1.165) is 0 Å². The lowest BCUT2D eigenvalue weighted by molar-refractivity contribution is -0.147. The Bertz CT molecular complexity index is 415. The molecule has 0 saturated carbocycles. The summed E-state index contributed by atoms with van der Waals surface area (Å²) in [5.41, 5.74) is 0.858. The summed E-state index contributed by atoms with van der Waals surface area (Å²) < 4.78 is 18.2. The molecule has 0 bridgehead atoms. The van der Waals surface area contributed by atoms with Crippen LogP contribution in [0.4, 0.5) is 4.39 Å². The van der Waals surface area contributed by atoms with E-state index in [2.05, 4.69) is 4.74 Å². The molecule has 0 aromatic heterocycles. The zero-order valence-electron chi connectivity index (χ0n) is 9.90. The van der Waals surface area contributed by atoms with Gasteiger partial charge in [-0.3, -0.25) is 4.79 Å². The predicted octanol–water partition coefficient (Wildman–Crippen LogP) is 2.47. The maximum atomic E-state index is 13.6. The number of aryl methyl sites for hydroxylation is 1. The van der Waals surface area contributed by atoms with Gasteiger partial charge in [0.1, 0.15) is 0 Å². The van der Waals surface area contributed by atoms with Gasteiger partial charge in [-0.25, -0.2) is 9.18 Å². The number of halogens is 1. The van der Waals surface area contributed by atoms with Gasteiger partial charge in [-0.05, 0) is 18.9 Å². The molecule has 92 valence electrons. The lowest BCUT2D eigenvalue weighted by atomic mass is 10.0. The summed E-state index contributed by atoms with van der Waals surface area (Å²) in [6, 6.07) is 6.56. The minimum absolute atomic E-state index is 0.125. The molecule has 1 rings (SSSR count). The second-order valence-corrected chi connectivity index (χ2v) is 3.71. The summed E-state index contributed by atoms with van der Waals surface area (Å²) in [6.45, 7) is 3.61. The summed E-state index contributed by atoms with van der Waals surface area (Å²) in [5, 5.41) is 0. The van der Waals surface area contributed by atoms with Gasteiger partial charge in [0.25, 0.3) is 6.17 Å². The van der Waals surface area contributed by atoms with Gasteiger partial charge in [0.05, 0.1) is 6.61 Å². The smallest absolute Gasteiger partial charge is 0.349 e. The number of hydrogen-bond acceptors (Lipinski definition) is 3. The fourth-order valence-corrected chi connectivity index (χ4v) is 1.37. The highest BCUT2D eigenvalue weighted by molar-refractivity contribution is 6.11. The minimum Gasteiger partial charge on any atom is -0.463 e. The third-order valence-corrected chi connectivity index (χ3v) is 2.30. The fraction of sp³-hybridized carbons (Fsp3) is 0.385. The average molecular weight is 238 g/mol. The molecule has 0 heterocycles. The number of carbonyl (C=O) groups excluding carboxylic acids is 2. The predicted molar refractivity (Wildman–Crippen MR) is 61.7 cm³/mol. The van der Waals surface area contributed by atoms with Crippen LogP contribution in [0.2, 0.25) is 0 Å².